The highest BCUT2D eigenvalue weighted by atomic mass is 16.1. The van der Waals surface area contributed by atoms with E-state index in [1.807, 2.05) is 60.7 Å². The average molecular weight is 354 g/mol. The lowest BCUT2D eigenvalue weighted by Gasteiger charge is -2.10. The van der Waals surface area contributed by atoms with Gasteiger partial charge in [0.15, 0.2) is 6.19 Å². The number of hydrogen-bond donors (Lipinski definition) is 1. The minimum Gasteiger partial charge on any atom is -0.348 e. The van der Waals surface area contributed by atoms with Gasteiger partial charge in [-0.05, 0) is 34.9 Å². The standard InChI is InChI=1S/C22H18N4O/c23-15-26-13-20-19(9-10-24-21(20)14-26)17-7-4-8-18(11-17)22(27)25-12-16-5-2-1-3-6-16/h1-11H,12-14H2,(H,25,27). The van der Waals surface area contributed by atoms with Crippen LogP contribution in [0.2, 0.25) is 0 Å². The Kier molecular flexibility index (Phi) is 4.54. The second-order valence-corrected chi connectivity index (χ2v) is 6.49. The Morgan fingerprint density at radius 3 is 2.78 bits per heavy atom. The highest BCUT2D eigenvalue weighted by molar-refractivity contribution is 5.95. The molecule has 0 atom stereocenters. The first-order valence-corrected chi connectivity index (χ1v) is 8.78. The fourth-order valence-corrected chi connectivity index (χ4v) is 3.33. The number of carbonyl (C=O) groups excluding carboxylic acids is 1. The van der Waals surface area contributed by atoms with E-state index in [1.165, 1.54) is 0 Å². The molecule has 27 heavy (non-hydrogen) atoms. The molecule has 132 valence electrons. The summed E-state index contributed by atoms with van der Waals surface area (Å²) in [6.07, 6.45) is 3.94. The number of nitrogens with zero attached hydrogens (tertiary/aromatic N) is 3. The van der Waals surface area contributed by atoms with E-state index in [2.05, 4.69) is 16.5 Å². The molecule has 0 radical (unpaired) electrons. The fourth-order valence-electron chi connectivity index (χ4n) is 3.33. The van der Waals surface area contributed by atoms with Crippen LogP contribution >= 0.6 is 0 Å². The van der Waals surface area contributed by atoms with Crippen LogP contribution < -0.4 is 5.32 Å². The van der Waals surface area contributed by atoms with Crippen molar-refractivity contribution >= 4 is 5.91 Å². The van der Waals surface area contributed by atoms with E-state index >= 15 is 0 Å². The summed E-state index contributed by atoms with van der Waals surface area (Å²) in [6.45, 7) is 1.59. The molecule has 1 amide bonds. The van der Waals surface area contributed by atoms with E-state index in [4.69, 9.17) is 5.26 Å². The van der Waals surface area contributed by atoms with Crippen LogP contribution in [0.5, 0.6) is 0 Å². The number of rotatable bonds is 4. The minimum absolute atomic E-state index is 0.106. The molecule has 0 saturated carbocycles. The van der Waals surface area contributed by atoms with E-state index in [1.54, 1.807) is 11.1 Å². The van der Waals surface area contributed by atoms with Gasteiger partial charge >= 0.3 is 0 Å². The van der Waals surface area contributed by atoms with Gasteiger partial charge in [-0.3, -0.25) is 9.78 Å². The highest BCUT2D eigenvalue weighted by Crippen LogP contribution is 2.31. The van der Waals surface area contributed by atoms with Gasteiger partial charge in [0.2, 0.25) is 0 Å². The van der Waals surface area contributed by atoms with Gasteiger partial charge in [0.1, 0.15) is 0 Å². The van der Waals surface area contributed by atoms with Crippen molar-refractivity contribution in [1.82, 2.24) is 15.2 Å². The van der Waals surface area contributed by atoms with E-state index in [0.29, 0.717) is 25.2 Å². The van der Waals surface area contributed by atoms with Gasteiger partial charge in [0.25, 0.3) is 5.91 Å². The zero-order chi connectivity index (χ0) is 18.6. The number of amides is 1. The zero-order valence-electron chi connectivity index (χ0n) is 14.7. The predicted molar refractivity (Wildman–Crippen MR) is 102 cm³/mol. The summed E-state index contributed by atoms with van der Waals surface area (Å²) in [5.74, 6) is -0.106. The van der Waals surface area contributed by atoms with Crippen LogP contribution in [0.1, 0.15) is 27.2 Å². The van der Waals surface area contributed by atoms with Gasteiger partial charge in [-0.15, -0.1) is 0 Å². The Hall–Kier alpha value is -3.65. The Morgan fingerprint density at radius 1 is 1.11 bits per heavy atom. The van der Waals surface area contributed by atoms with E-state index < -0.39 is 0 Å². The predicted octanol–water partition coefficient (Wildman–Crippen LogP) is 3.48. The second kappa shape index (κ2) is 7.30. The molecule has 1 aliphatic rings. The van der Waals surface area contributed by atoms with Gasteiger partial charge in [0, 0.05) is 23.9 Å². The molecular weight excluding hydrogens is 336 g/mol. The summed E-state index contributed by atoms with van der Waals surface area (Å²) < 4.78 is 0. The van der Waals surface area contributed by atoms with E-state index in [-0.39, 0.29) is 5.91 Å². The maximum absolute atomic E-state index is 12.6. The summed E-state index contributed by atoms with van der Waals surface area (Å²) in [5, 5.41) is 12.1. The molecule has 1 N–H and O–H groups in total. The van der Waals surface area contributed by atoms with Crippen LogP contribution in [-0.2, 0) is 19.6 Å². The molecular formula is C22H18N4O. The molecule has 0 aliphatic carbocycles. The van der Waals surface area contributed by atoms with Crippen molar-refractivity contribution in [3.63, 3.8) is 0 Å². The zero-order valence-corrected chi connectivity index (χ0v) is 14.7. The van der Waals surface area contributed by atoms with Crippen LogP contribution in [0.15, 0.2) is 66.9 Å². The van der Waals surface area contributed by atoms with Gasteiger partial charge in [0.05, 0.1) is 18.8 Å². The van der Waals surface area contributed by atoms with Crippen LogP contribution in [0.4, 0.5) is 0 Å². The molecule has 0 saturated heterocycles. The Labute approximate surface area is 157 Å². The van der Waals surface area contributed by atoms with Crippen LogP contribution in [0, 0.1) is 11.5 Å². The maximum Gasteiger partial charge on any atom is 0.251 e. The maximum atomic E-state index is 12.6. The van der Waals surface area contributed by atoms with E-state index in [0.717, 1.165) is 27.9 Å². The fraction of sp³-hybridized carbons (Fsp3) is 0.136. The molecule has 2 aromatic carbocycles. The van der Waals surface area contributed by atoms with Crippen molar-refractivity contribution in [2.75, 3.05) is 0 Å². The average Bonchev–Trinajstić information content (AvgIpc) is 3.16. The first kappa shape index (κ1) is 16.8. The highest BCUT2D eigenvalue weighted by Gasteiger charge is 2.22. The van der Waals surface area contributed by atoms with Gasteiger partial charge in [-0.1, -0.05) is 42.5 Å². The number of fused-ring (bicyclic) bond motifs is 1. The third-order valence-electron chi connectivity index (χ3n) is 4.71. The summed E-state index contributed by atoms with van der Waals surface area (Å²) in [4.78, 5) is 18.6. The first-order chi connectivity index (χ1) is 13.2. The largest absolute Gasteiger partial charge is 0.348 e. The third-order valence-corrected chi connectivity index (χ3v) is 4.71. The summed E-state index contributed by atoms with van der Waals surface area (Å²) in [6, 6.07) is 19.4. The van der Waals surface area contributed by atoms with Crippen molar-refractivity contribution in [3.8, 4) is 17.3 Å². The molecule has 5 heteroatoms. The van der Waals surface area contributed by atoms with Crippen molar-refractivity contribution in [2.45, 2.75) is 19.6 Å². The second-order valence-electron chi connectivity index (χ2n) is 6.49. The number of pyridine rings is 1. The van der Waals surface area contributed by atoms with Gasteiger partial charge in [-0.25, -0.2) is 0 Å². The first-order valence-electron chi connectivity index (χ1n) is 8.78. The molecule has 5 nitrogen and oxygen atoms in total. The monoisotopic (exact) mass is 354 g/mol. The Balaban J connectivity index is 1.56. The molecule has 1 aliphatic heterocycles. The Morgan fingerprint density at radius 2 is 1.96 bits per heavy atom. The molecule has 2 heterocycles. The number of nitriles is 1. The van der Waals surface area contributed by atoms with Crippen LogP contribution in [0.25, 0.3) is 11.1 Å². The molecule has 0 spiro atoms. The molecule has 1 aromatic heterocycles. The van der Waals surface area contributed by atoms with Crippen LogP contribution in [0.3, 0.4) is 0 Å². The summed E-state index contributed by atoms with van der Waals surface area (Å²) >= 11 is 0. The smallest absolute Gasteiger partial charge is 0.251 e. The number of nitrogens with one attached hydrogen (secondary N) is 1. The molecule has 4 rings (SSSR count). The number of carbonyl (C=O) groups is 1. The SMILES string of the molecule is N#CN1Cc2nccc(-c3cccc(C(=O)NCc4ccccc4)c3)c2C1. The Bertz CT molecular complexity index is 1020. The van der Waals surface area contributed by atoms with Crippen molar-refractivity contribution in [1.29, 1.82) is 5.26 Å². The van der Waals surface area contributed by atoms with E-state index in [9.17, 15) is 4.79 Å². The van der Waals surface area contributed by atoms with Crippen molar-refractivity contribution in [2.24, 2.45) is 0 Å². The number of benzene rings is 2. The quantitative estimate of drug-likeness (QED) is 0.729. The lowest BCUT2D eigenvalue weighted by Crippen LogP contribution is -2.22. The van der Waals surface area contributed by atoms with Gasteiger partial charge in [-0.2, -0.15) is 5.26 Å². The lowest BCUT2D eigenvalue weighted by atomic mass is 9.98. The van der Waals surface area contributed by atoms with Crippen LogP contribution in [-0.4, -0.2) is 15.8 Å². The summed E-state index contributed by atoms with van der Waals surface area (Å²) in [7, 11) is 0. The number of hydrogen-bond acceptors (Lipinski definition) is 4. The topological polar surface area (TPSA) is 69.0 Å². The molecule has 0 unspecified atom stereocenters. The third kappa shape index (κ3) is 3.51. The molecule has 0 bridgehead atoms. The minimum atomic E-state index is -0.106. The normalized spacial score (nSPS) is 12.3. The summed E-state index contributed by atoms with van der Waals surface area (Å²) in [5.41, 5.74) is 5.64. The van der Waals surface area contributed by atoms with Crippen molar-refractivity contribution in [3.05, 3.63) is 89.2 Å². The van der Waals surface area contributed by atoms with Gasteiger partial charge < -0.3 is 10.2 Å². The molecule has 0 fully saturated rings. The molecule has 3 aromatic rings. The number of aromatic nitrogens is 1. The lowest BCUT2D eigenvalue weighted by molar-refractivity contribution is 0.0951. The van der Waals surface area contributed by atoms with Crippen molar-refractivity contribution < 1.29 is 4.79 Å².